The second kappa shape index (κ2) is 6.84. The van der Waals surface area contributed by atoms with Crippen molar-refractivity contribution < 1.29 is 0 Å². The number of tetrazole rings is 1. The number of H-pyrrole nitrogens is 1. The fraction of sp³-hybridized carbons (Fsp3) is 0.462. The lowest BCUT2D eigenvalue weighted by atomic mass is 10.2. The number of nitrogens with zero attached hydrogens (tertiary/aromatic N) is 4. The molecule has 2 N–H and O–H groups in total. The van der Waals surface area contributed by atoms with Crippen LogP contribution in [0.4, 0.5) is 5.69 Å². The molecule has 0 unspecified atom stereocenters. The first-order valence-corrected chi connectivity index (χ1v) is 6.60. The average molecular weight is 260 g/mol. The second-order valence-electron chi connectivity index (χ2n) is 4.27. The van der Waals surface area contributed by atoms with E-state index in [9.17, 15) is 0 Å². The highest BCUT2D eigenvalue weighted by Gasteiger charge is 2.02. The molecule has 0 saturated carbocycles. The van der Waals surface area contributed by atoms with Crippen LogP contribution in [0.15, 0.2) is 24.3 Å². The van der Waals surface area contributed by atoms with Crippen LogP contribution in [0.3, 0.4) is 0 Å². The standard InChI is InChI=1S/C13H20N6/c1-3-19(4-2)12-7-5-11(6-8-12)9-14-10-13-15-17-18-16-13/h5-8,14H,3-4,9-10H2,1-2H3,(H,15,16,17,18). The van der Waals surface area contributed by atoms with E-state index in [-0.39, 0.29) is 0 Å². The largest absolute Gasteiger partial charge is 0.372 e. The number of hydrogen-bond acceptors (Lipinski definition) is 5. The molecule has 6 heteroatoms. The summed E-state index contributed by atoms with van der Waals surface area (Å²) < 4.78 is 0. The molecule has 0 radical (unpaired) electrons. The topological polar surface area (TPSA) is 69.7 Å². The maximum absolute atomic E-state index is 3.89. The van der Waals surface area contributed by atoms with Crippen LogP contribution in [0.25, 0.3) is 0 Å². The van der Waals surface area contributed by atoms with Gasteiger partial charge in [0, 0.05) is 25.3 Å². The highest BCUT2D eigenvalue weighted by atomic mass is 15.5. The SMILES string of the molecule is CCN(CC)c1ccc(CNCc2nn[nH]n2)cc1. The summed E-state index contributed by atoms with van der Waals surface area (Å²) in [5, 5.41) is 17.0. The summed E-state index contributed by atoms with van der Waals surface area (Å²) in [5.41, 5.74) is 2.52. The zero-order valence-electron chi connectivity index (χ0n) is 11.4. The van der Waals surface area contributed by atoms with Crippen LogP contribution >= 0.6 is 0 Å². The van der Waals surface area contributed by atoms with Crippen LogP contribution in [-0.4, -0.2) is 33.7 Å². The van der Waals surface area contributed by atoms with Crippen molar-refractivity contribution in [1.29, 1.82) is 0 Å². The van der Waals surface area contributed by atoms with Gasteiger partial charge in [-0.25, -0.2) is 0 Å². The van der Waals surface area contributed by atoms with Crippen LogP contribution < -0.4 is 10.2 Å². The number of hydrogen-bond donors (Lipinski definition) is 2. The Labute approximate surface area is 113 Å². The van der Waals surface area contributed by atoms with Gasteiger partial charge in [-0.3, -0.25) is 0 Å². The van der Waals surface area contributed by atoms with Gasteiger partial charge in [0.2, 0.25) is 0 Å². The Balaban J connectivity index is 1.84. The Morgan fingerprint density at radius 2 is 1.84 bits per heavy atom. The molecule has 0 fully saturated rings. The van der Waals surface area contributed by atoms with Crippen molar-refractivity contribution >= 4 is 5.69 Å². The molecule has 1 aromatic heterocycles. The summed E-state index contributed by atoms with van der Waals surface area (Å²) >= 11 is 0. The summed E-state index contributed by atoms with van der Waals surface area (Å²) in [4.78, 5) is 2.33. The van der Waals surface area contributed by atoms with E-state index in [2.05, 4.69) is 69.0 Å². The minimum atomic E-state index is 0.619. The fourth-order valence-corrected chi connectivity index (χ4v) is 1.99. The van der Waals surface area contributed by atoms with Gasteiger partial charge in [0.1, 0.15) is 0 Å². The summed E-state index contributed by atoms with van der Waals surface area (Å²) in [5.74, 6) is 0.680. The summed E-state index contributed by atoms with van der Waals surface area (Å²) in [7, 11) is 0. The zero-order chi connectivity index (χ0) is 13.5. The molecule has 1 heterocycles. The van der Waals surface area contributed by atoms with Crippen LogP contribution in [0.1, 0.15) is 25.2 Å². The molecule has 6 nitrogen and oxygen atoms in total. The predicted molar refractivity (Wildman–Crippen MR) is 74.7 cm³/mol. The maximum Gasteiger partial charge on any atom is 0.188 e. The van der Waals surface area contributed by atoms with Gasteiger partial charge in [-0.2, -0.15) is 5.21 Å². The van der Waals surface area contributed by atoms with Gasteiger partial charge in [-0.1, -0.05) is 17.3 Å². The van der Waals surface area contributed by atoms with Crippen LogP contribution in [0.2, 0.25) is 0 Å². The normalized spacial score (nSPS) is 10.6. The molecule has 0 aliphatic heterocycles. The molecule has 0 aliphatic rings. The molecule has 19 heavy (non-hydrogen) atoms. The first-order valence-electron chi connectivity index (χ1n) is 6.60. The lowest BCUT2D eigenvalue weighted by Gasteiger charge is -2.21. The van der Waals surface area contributed by atoms with Gasteiger partial charge in [0.15, 0.2) is 5.82 Å². The van der Waals surface area contributed by atoms with Crippen molar-refractivity contribution in [3.05, 3.63) is 35.7 Å². The molecule has 2 rings (SSSR count). The van der Waals surface area contributed by atoms with Gasteiger partial charge in [-0.15, -0.1) is 10.2 Å². The van der Waals surface area contributed by atoms with Crippen LogP contribution in [0.5, 0.6) is 0 Å². The molecule has 0 amide bonds. The lowest BCUT2D eigenvalue weighted by Crippen LogP contribution is -2.21. The average Bonchev–Trinajstić information content (AvgIpc) is 2.95. The van der Waals surface area contributed by atoms with Gasteiger partial charge < -0.3 is 10.2 Å². The maximum atomic E-state index is 3.89. The predicted octanol–water partition coefficient (Wildman–Crippen LogP) is 1.34. The Morgan fingerprint density at radius 1 is 1.11 bits per heavy atom. The molecule has 0 aliphatic carbocycles. The van der Waals surface area contributed by atoms with Gasteiger partial charge in [-0.05, 0) is 31.5 Å². The summed E-state index contributed by atoms with van der Waals surface area (Å²) in [6.07, 6.45) is 0. The highest BCUT2D eigenvalue weighted by Crippen LogP contribution is 2.14. The molecular formula is C13H20N6. The monoisotopic (exact) mass is 260 g/mol. The van der Waals surface area contributed by atoms with E-state index in [0.717, 1.165) is 19.6 Å². The van der Waals surface area contributed by atoms with Crippen molar-refractivity contribution in [3.8, 4) is 0 Å². The molecular weight excluding hydrogens is 240 g/mol. The third-order valence-corrected chi connectivity index (χ3v) is 3.07. The molecule has 1 aromatic carbocycles. The van der Waals surface area contributed by atoms with E-state index in [1.54, 1.807) is 0 Å². The van der Waals surface area contributed by atoms with Crippen molar-refractivity contribution in [2.24, 2.45) is 0 Å². The Kier molecular flexibility index (Phi) is 4.85. The van der Waals surface area contributed by atoms with E-state index in [0.29, 0.717) is 12.4 Å². The van der Waals surface area contributed by atoms with Gasteiger partial charge >= 0.3 is 0 Å². The van der Waals surface area contributed by atoms with Crippen LogP contribution in [-0.2, 0) is 13.1 Å². The second-order valence-corrected chi connectivity index (χ2v) is 4.27. The summed E-state index contributed by atoms with van der Waals surface area (Å²) in [6, 6.07) is 8.63. The first kappa shape index (κ1) is 13.5. The Hall–Kier alpha value is -1.95. The number of anilines is 1. The molecule has 2 aromatic rings. The number of nitrogens with one attached hydrogen (secondary N) is 2. The fourth-order valence-electron chi connectivity index (χ4n) is 1.99. The molecule has 102 valence electrons. The van der Waals surface area contributed by atoms with E-state index in [4.69, 9.17) is 0 Å². The van der Waals surface area contributed by atoms with E-state index in [1.807, 2.05) is 0 Å². The number of aromatic amines is 1. The highest BCUT2D eigenvalue weighted by molar-refractivity contribution is 5.47. The molecule has 0 bridgehead atoms. The quantitative estimate of drug-likeness (QED) is 0.786. The van der Waals surface area contributed by atoms with E-state index >= 15 is 0 Å². The molecule has 0 spiro atoms. The number of aromatic nitrogens is 4. The minimum absolute atomic E-state index is 0.619. The van der Waals surface area contributed by atoms with Crippen molar-refractivity contribution in [2.45, 2.75) is 26.9 Å². The number of rotatable bonds is 7. The van der Waals surface area contributed by atoms with Gasteiger partial charge in [0.25, 0.3) is 0 Å². The molecule has 0 saturated heterocycles. The Morgan fingerprint density at radius 3 is 2.42 bits per heavy atom. The van der Waals surface area contributed by atoms with Crippen molar-refractivity contribution in [1.82, 2.24) is 25.9 Å². The smallest absolute Gasteiger partial charge is 0.188 e. The zero-order valence-corrected chi connectivity index (χ0v) is 11.4. The van der Waals surface area contributed by atoms with Crippen molar-refractivity contribution in [3.63, 3.8) is 0 Å². The third kappa shape index (κ3) is 3.75. The third-order valence-electron chi connectivity index (χ3n) is 3.07. The minimum Gasteiger partial charge on any atom is -0.372 e. The van der Waals surface area contributed by atoms with E-state index in [1.165, 1.54) is 11.3 Å². The summed E-state index contributed by atoms with van der Waals surface area (Å²) in [6.45, 7) is 7.83. The lowest BCUT2D eigenvalue weighted by molar-refractivity contribution is 0.663. The first-order chi connectivity index (χ1) is 9.33. The van der Waals surface area contributed by atoms with Crippen LogP contribution in [0, 0.1) is 0 Å². The van der Waals surface area contributed by atoms with Gasteiger partial charge in [0.05, 0.1) is 6.54 Å². The number of benzene rings is 1. The Bertz CT molecular complexity index is 460. The van der Waals surface area contributed by atoms with Crippen molar-refractivity contribution in [2.75, 3.05) is 18.0 Å². The van der Waals surface area contributed by atoms with E-state index < -0.39 is 0 Å². The molecule has 0 atom stereocenters.